The van der Waals surface area contributed by atoms with Gasteiger partial charge in [0.15, 0.2) is 0 Å². The van der Waals surface area contributed by atoms with Crippen molar-refractivity contribution < 1.29 is 5.11 Å². The number of pyridine rings is 1. The van der Waals surface area contributed by atoms with Gasteiger partial charge >= 0.3 is 0 Å². The molecule has 1 aliphatic heterocycles. The largest absolute Gasteiger partial charge is 0.392 e. The fourth-order valence-electron chi connectivity index (χ4n) is 3.61. The van der Waals surface area contributed by atoms with E-state index in [1.807, 2.05) is 12.1 Å². The highest BCUT2D eigenvalue weighted by atomic mass is 16.3. The van der Waals surface area contributed by atoms with Gasteiger partial charge in [-0.15, -0.1) is 0 Å². The molecule has 1 saturated carbocycles. The molecule has 0 amide bonds. The summed E-state index contributed by atoms with van der Waals surface area (Å²) in [6, 6.07) is 7.66. The molecule has 1 N–H and O–H groups in total. The minimum absolute atomic E-state index is 0.0581. The van der Waals surface area contributed by atoms with Gasteiger partial charge in [0.05, 0.1) is 6.10 Å². The van der Waals surface area contributed by atoms with Crippen molar-refractivity contribution >= 4 is 5.82 Å². The fraction of sp³-hybridized carbons (Fsp3) is 0.600. The summed E-state index contributed by atoms with van der Waals surface area (Å²) in [6.45, 7) is 1.84. The third kappa shape index (κ3) is 2.19. The van der Waals surface area contributed by atoms with Gasteiger partial charge in [0, 0.05) is 18.5 Å². The first-order chi connectivity index (χ1) is 9.23. The van der Waals surface area contributed by atoms with Crippen molar-refractivity contribution in [2.24, 2.45) is 5.41 Å². The van der Waals surface area contributed by atoms with Crippen LogP contribution in [-0.2, 0) is 0 Å². The number of rotatable bonds is 1. The third-order valence-corrected chi connectivity index (χ3v) is 4.64. The van der Waals surface area contributed by atoms with E-state index >= 15 is 0 Å². The summed E-state index contributed by atoms with van der Waals surface area (Å²) in [5.74, 6) is 0.872. The molecule has 19 heavy (non-hydrogen) atoms. The topological polar surface area (TPSA) is 60.2 Å². The number of hydrogen-bond acceptors (Lipinski definition) is 4. The van der Waals surface area contributed by atoms with Crippen LogP contribution in [0.25, 0.3) is 0 Å². The highest BCUT2D eigenvalue weighted by Crippen LogP contribution is 2.45. The predicted octanol–water partition coefficient (Wildman–Crippen LogP) is 2.08. The van der Waals surface area contributed by atoms with Gasteiger partial charge in [0.25, 0.3) is 0 Å². The van der Waals surface area contributed by atoms with Crippen LogP contribution >= 0.6 is 0 Å². The predicted molar refractivity (Wildman–Crippen MR) is 72.7 cm³/mol. The van der Waals surface area contributed by atoms with Gasteiger partial charge in [-0.05, 0) is 37.8 Å². The van der Waals surface area contributed by atoms with E-state index in [-0.39, 0.29) is 11.5 Å². The Bertz CT molecular complexity index is 510. The number of piperidine rings is 1. The quantitative estimate of drug-likeness (QED) is 0.836. The van der Waals surface area contributed by atoms with Crippen LogP contribution in [0.2, 0.25) is 0 Å². The molecule has 0 aromatic carbocycles. The average Bonchev–Trinajstić information content (AvgIpc) is 2.80. The van der Waals surface area contributed by atoms with E-state index in [1.54, 1.807) is 6.07 Å². The molecule has 1 spiro atoms. The molecular formula is C15H19N3O. The lowest BCUT2D eigenvalue weighted by atomic mass is 9.77. The van der Waals surface area contributed by atoms with Crippen LogP contribution in [-0.4, -0.2) is 29.3 Å². The number of aliphatic hydroxyl groups excluding tert-OH is 1. The Kier molecular flexibility index (Phi) is 3.16. The van der Waals surface area contributed by atoms with Crippen LogP contribution in [0, 0.1) is 16.7 Å². The number of nitriles is 1. The van der Waals surface area contributed by atoms with Crippen LogP contribution < -0.4 is 4.90 Å². The second-order valence-electron chi connectivity index (χ2n) is 5.79. The van der Waals surface area contributed by atoms with Crippen LogP contribution in [0.5, 0.6) is 0 Å². The van der Waals surface area contributed by atoms with Crippen LogP contribution in [0.3, 0.4) is 0 Å². The van der Waals surface area contributed by atoms with Crippen LogP contribution in [0.1, 0.15) is 37.8 Å². The van der Waals surface area contributed by atoms with Crippen molar-refractivity contribution in [3.05, 3.63) is 23.9 Å². The van der Waals surface area contributed by atoms with E-state index in [1.165, 1.54) is 0 Å². The molecule has 0 radical (unpaired) electrons. The first-order valence-electron chi connectivity index (χ1n) is 7.04. The Morgan fingerprint density at radius 3 is 2.95 bits per heavy atom. The Labute approximate surface area is 113 Å². The minimum atomic E-state index is -0.172. The molecule has 100 valence electrons. The molecule has 2 fully saturated rings. The Balaban J connectivity index is 1.83. The first-order valence-corrected chi connectivity index (χ1v) is 7.04. The summed E-state index contributed by atoms with van der Waals surface area (Å²) in [7, 11) is 0. The molecular weight excluding hydrogens is 238 g/mol. The summed E-state index contributed by atoms with van der Waals surface area (Å²) in [6.07, 6.45) is 5.20. The van der Waals surface area contributed by atoms with Gasteiger partial charge in [-0.3, -0.25) is 0 Å². The van der Waals surface area contributed by atoms with Crippen molar-refractivity contribution in [3.63, 3.8) is 0 Å². The van der Waals surface area contributed by atoms with Gasteiger partial charge < -0.3 is 10.0 Å². The maximum absolute atomic E-state index is 10.3. The van der Waals surface area contributed by atoms with Crippen molar-refractivity contribution in [1.82, 2.24) is 4.98 Å². The standard InChI is InChI=1S/C15H19N3O/c16-10-12-4-1-6-14(17-12)18-9-3-8-15(11-18)7-2-5-13(15)19/h1,4,6,13,19H,2-3,5,7-9,11H2/t13-,15-/m1/s1. The zero-order chi connectivity index (χ0) is 13.3. The van der Waals surface area contributed by atoms with Crippen molar-refractivity contribution in [3.8, 4) is 6.07 Å². The van der Waals surface area contributed by atoms with E-state index in [4.69, 9.17) is 5.26 Å². The highest BCUT2D eigenvalue weighted by Gasteiger charge is 2.44. The van der Waals surface area contributed by atoms with Crippen LogP contribution in [0.15, 0.2) is 18.2 Å². The normalized spacial score (nSPS) is 30.5. The third-order valence-electron chi connectivity index (χ3n) is 4.64. The summed E-state index contributed by atoms with van der Waals surface area (Å²) >= 11 is 0. The average molecular weight is 257 g/mol. The smallest absolute Gasteiger partial charge is 0.142 e. The first kappa shape index (κ1) is 12.4. The number of anilines is 1. The number of aromatic nitrogens is 1. The summed E-state index contributed by atoms with van der Waals surface area (Å²) in [5, 5.41) is 19.2. The molecule has 3 rings (SSSR count). The fourth-order valence-corrected chi connectivity index (χ4v) is 3.61. The van der Waals surface area contributed by atoms with Gasteiger partial charge in [-0.1, -0.05) is 12.5 Å². The molecule has 1 saturated heterocycles. The summed E-state index contributed by atoms with van der Waals surface area (Å²) < 4.78 is 0. The molecule has 1 aromatic rings. The molecule has 2 aliphatic rings. The van der Waals surface area contributed by atoms with Gasteiger partial charge in [0.1, 0.15) is 17.6 Å². The van der Waals surface area contributed by atoms with Crippen molar-refractivity contribution in [2.75, 3.05) is 18.0 Å². The molecule has 2 atom stereocenters. The summed E-state index contributed by atoms with van der Waals surface area (Å²) in [4.78, 5) is 6.61. The highest BCUT2D eigenvalue weighted by molar-refractivity contribution is 5.42. The molecule has 0 bridgehead atoms. The van der Waals surface area contributed by atoms with Crippen LogP contribution in [0.4, 0.5) is 5.82 Å². The van der Waals surface area contributed by atoms with E-state index in [0.717, 1.165) is 51.0 Å². The molecule has 4 heteroatoms. The lowest BCUT2D eigenvalue weighted by Crippen LogP contribution is -2.47. The van der Waals surface area contributed by atoms with E-state index in [9.17, 15) is 5.11 Å². The van der Waals surface area contributed by atoms with E-state index in [0.29, 0.717) is 5.69 Å². The molecule has 1 aliphatic carbocycles. The lowest BCUT2D eigenvalue weighted by molar-refractivity contribution is 0.0408. The van der Waals surface area contributed by atoms with E-state index < -0.39 is 0 Å². The maximum atomic E-state index is 10.3. The van der Waals surface area contributed by atoms with Gasteiger partial charge in [-0.2, -0.15) is 5.26 Å². The summed E-state index contributed by atoms with van der Waals surface area (Å²) in [5.41, 5.74) is 0.520. The second-order valence-corrected chi connectivity index (χ2v) is 5.79. The van der Waals surface area contributed by atoms with E-state index in [2.05, 4.69) is 16.0 Å². The maximum Gasteiger partial charge on any atom is 0.142 e. The van der Waals surface area contributed by atoms with Crippen molar-refractivity contribution in [1.29, 1.82) is 5.26 Å². The Hall–Kier alpha value is -1.60. The van der Waals surface area contributed by atoms with Gasteiger partial charge in [0.2, 0.25) is 0 Å². The Morgan fingerprint density at radius 2 is 2.21 bits per heavy atom. The Morgan fingerprint density at radius 1 is 1.37 bits per heavy atom. The monoisotopic (exact) mass is 257 g/mol. The second kappa shape index (κ2) is 4.82. The number of nitrogens with zero attached hydrogens (tertiary/aromatic N) is 3. The molecule has 0 unspecified atom stereocenters. The SMILES string of the molecule is N#Cc1cccc(N2CCC[C@]3(CCC[C@H]3O)C2)n1. The molecule has 4 nitrogen and oxygen atoms in total. The zero-order valence-corrected chi connectivity index (χ0v) is 11.0. The number of hydrogen-bond donors (Lipinski definition) is 1. The van der Waals surface area contributed by atoms with Gasteiger partial charge in [-0.25, -0.2) is 4.98 Å². The zero-order valence-electron chi connectivity index (χ0n) is 11.0. The minimum Gasteiger partial charge on any atom is -0.392 e. The molecule has 1 aromatic heterocycles. The van der Waals surface area contributed by atoms with Crippen molar-refractivity contribution in [2.45, 2.75) is 38.2 Å². The lowest BCUT2D eigenvalue weighted by Gasteiger charge is -2.43. The number of aliphatic hydroxyl groups is 1. The molecule has 2 heterocycles.